The second-order valence-electron chi connectivity index (χ2n) is 6.78. The summed E-state index contributed by atoms with van der Waals surface area (Å²) in [6, 6.07) is 7.98. The van der Waals surface area contributed by atoms with Crippen molar-refractivity contribution in [3.8, 4) is 0 Å². The van der Waals surface area contributed by atoms with E-state index in [1.807, 2.05) is 6.07 Å². The number of hydrogen-bond acceptors (Lipinski definition) is 5. The van der Waals surface area contributed by atoms with Gasteiger partial charge in [0.15, 0.2) is 0 Å². The highest BCUT2D eigenvalue weighted by atomic mass is 32.2. The van der Waals surface area contributed by atoms with Gasteiger partial charge in [0.05, 0.1) is 21.0 Å². The van der Waals surface area contributed by atoms with E-state index < -0.39 is 21.8 Å². The van der Waals surface area contributed by atoms with Crippen LogP contribution in [0.5, 0.6) is 0 Å². The van der Waals surface area contributed by atoms with Crippen molar-refractivity contribution in [3.63, 3.8) is 0 Å². The Bertz CT molecular complexity index is 1190. The molecule has 2 aromatic heterocycles. The first kappa shape index (κ1) is 19.9. The third-order valence-electron chi connectivity index (χ3n) is 5.02. The van der Waals surface area contributed by atoms with Crippen LogP contribution in [0.4, 0.5) is 4.39 Å². The molecule has 0 amide bonds. The van der Waals surface area contributed by atoms with Crippen molar-refractivity contribution in [1.29, 1.82) is 0 Å². The van der Waals surface area contributed by atoms with Crippen LogP contribution in [0.3, 0.4) is 0 Å². The third kappa shape index (κ3) is 3.52. The van der Waals surface area contributed by atoms with E-state index in [0.29, 0.717) is 17.7 Å². The maximum absolute atomic E-state index is 13.2. The first-order chi connectivity index (χ1) is 13.8. The van der Waals surface area contributed by atoms with Crippen LogP contribution in [0.25, 0.3) is 11.0 Å². The minimum absolute atomic E-state index is 0.0311. The van der Waals surface area contributed by atoms with E-state index in [2.05, 4.69) is 4.98 Å². The molecule has 4 rings (SSSR count). The highest BCUT2D eigenvalue weighted by Crippen LogP contribution is 2.39. The summed E-state index contributed by atoms with van der Waals surface area (Å²) in [5, 5.41) is 10.1. The first-order valence-corrected chi connectivity index (χ1v) is 11.3. The highest BCUT2D eigenvalue weighted by Gasteiger charge is 2.34. The van der Waals surface area contributed by atoms with Gasteiger partial charge < -0.3 is 9.67 Å². The van der Waals surface area contributed by atoms with E-state index in [9.17, 15) is 22.7 Å². The van der Waals surface area contributed by atoms with Crippen LogP contribution in [-0.2, 0) is 27.8 Å². The molecule has 1 aliphatic heterocycles. The fraction of sp³-hybridized carbons (Fsp3) is 0.263. The maximum atomic E-state index is 13.2. The van der Waals surface area contributed by atoms with Gasteiger partial charge in [0.25, 0.3) is 0 Å². The van der Waals surface area contributed by atoms with Crippen LogP contribution >= 0.6 is 11.8 Å². The SMILES string of the molecule is CN([C@@H]1CSc2c(c3ncccc3n2CC(=O)O)C1)S(=O)(=O)c1ccc(F)cc1. The lowest BCUT2D eigenvalue weighted by Crippen LogP contribution is -2.41. The van der Waals surface area contributed by atoms with Gasteiger partial charge in [0.1, 0.15) is 12.4 Å². The molecule has 0 bridgehead atoms. The van der Waals surface area contributed by atoms with E-state index in [1.54, 1.807) is 16.8 Å². The number of thioether (sulfide) groups is 1. The molecule has 0 radical (unpaired) electrons. The summed E-state index contributed by atoms with van der Waals surface area (Å²) in [5.74, 6) is -0.978. The zero-order valence-electron chi connectivity index (χ0n) is 15.4. The molecule has 1 aromatic carbocycles. The molecule has 0 fully saturated rings. The number of rotatable bonds is 5. The fourth-order valence-corrected chi connectivity index (χ4v) is 6.35. The average molecular weight is 436 g/mol. The summed E-state index contributed by atoms with van der Waals surface area (Å²) in [5.41, 5.74) is 2.26. The average Bonchev–Trinajstić information content (AvgIpc) is 3.00. The van der Waals surface area contributed by atoms with Crippen LogP contribution < -0.4 is 0 Å². The van der Waals surface area contributed by atoms with Gasteiger partial charge >= 0.3 is 5.97 Å². The lowest BCUT2D eigenvalue weighted by Gasteiger charge is -2.30. The van der Waals surface area contributed by atoms with E-state index in [0.717, 1.165) is 28.2 Å². The summed E-state index contributed by atoms with van der Waals surface area (Å²) in [6.07, 6.45) is 2.06. The van der Waals surface area contributed by atoms with E-state index >= 15 is 0 Å². The molecule has 0 aliphatic carbocycles. The standard InChI is InChI=1S/C19H18FN3O4S2/c1-22(29(26,27)14-6-4-12(20)5-7-14)13-9-15-18-16(3-2-8-21-18)23(10-17(24)25)19(15)28-11-13/h2-8,13H,9-11H2,1H3,(H,24,25)/t13-/m0/s1. The second kappa shape index (κ2) is 7.43. The lowest BCUT2D eigenvalue weighted by atomic mass is 10.1. The molecule has 3 aromatic rings. The first-order valence-electron chi connectivity index (χ1n) is 8.83. The number of hydrogen-bond donors (Lipinski definition) is 1. The second-order valence-corrected chi connectivity index (χ2v) is 9.79. The van der Waals surface area contributed by atoms with Crippen molar-refractivity contribution in [2.75, 3.05) is 12.8 Å². The van der Waals surface area contributed by atoms with Crippen LogP contribution in [0, 0.1) is 5.82 Å². The Balaban J connectivity index is 1.70. The Labute approximate surface area is 171 Å². The number of likely N-dealkylation sites (N-methyl/N-ethyl adjacent to an activating group) is 1. The van der Waals surface area contributed by atoms with Gasteiger partial charge in [0.2, 0.25) is 10.0 Å². The van der Waals surface area contributed by atoms with Crippen molar-refractivity contribution < 1.29 is 22.7 Å². The van der Waals surface area contributed by atoms with Crippen molar-refractivity contribution in [1.82, 2.24) is 13.9 Å². The number of pyridine rings is 1. The van der Waals surface area contributed by atoms with E-state index in [4.69, 9.17) is 0 Å². The Morgan fingerprint density at radius 2 is 2.07 bits per heavy atom. The lowest BCUT2D eigenvalue weighted by molar-refractivity contribution is -0.137. The smallest absolute Gasteiger partial charge is 0.323 e. The zero-order chi connectivity index (χ0) is 20.8. The van der Waals surface area contributed by atoms with Crippen molar-refractivity contribution >= 4 is 38.8 Å². The Hall–Kier alpha value is -2.43. The third-order valence-corrected chi connectivity index (χ3v) is 8.23. The Morgan fingerprint density at radius 1 is 1.34 bits per heavy atom. The molecule has 0 unspecified atom stereocenters. The number of nitrogens with zero attached hydrogens (tertiary/aromatic N) is 3. The number of benzene rings is 1. The van der Waals surface area contributed by atoms with Gasteiger partial charge in [-0.15, -0.1) is 11.8 Å². The quantitative estimate of drug-likeness (QED) is 0.662. The van der Waals surface area contributed by atoms with Crippen LogP contribution in [0.2, 0.25) is 0 Å². The normalized spacial score (nSPS) is 16.9. The topological polar surface area (TPSA) is 92.5 Å². The van der Waals surface area contributed by atoms with Gasteiger partial charge in [-0.1, -0.05) is 0 Å². The maximum Gasteiger partial charge on any atom is 0.323 e. The number of aromatic nitrogens is 2. The molecule has 1 atom stereocenters. The minimum atomic E-state index is -3.79. The van der Waals surface area contributed by atoms with Crippen LogP contribution in [0.15, 0.2) is 52.5 Å². The molecule has 10 heteroatoms. The molecule has 7 nitrogen and oxygen atoms in total. The van der Waals surface area contributed by atoms with Gasteiger partial charge in [0, 0.05) is 30.6 Å². The molecule has 1 aliphatic rings. The predicted octanol–water partition coefficient (Wildman–Crippen LogP) is 2.60. The molecule has 152 valence electrons. The fourth-order valence-electron chi connectivity index (χ4n) is 3.53. The van der Waals surface area contributed by atoms with Crippen LogP contribution in [0.1, 0.15) is 5.56 Å². The van der Waals surface area contributed by atoms with Crippen molar-refractivity contribution in [3.05, 3.63) is 54.0 Å². The molecule has 1 N–H and O–H groups in total. The molecule has 29 heavy (non-hydrogen) atoms. The largest absolute Gasteiger partial charge is 0.480 e. The summed E-state index contributed by atoms with van der Waals surface area (Å²) in [4.78, 5) is 15.8. The highest BCUT2D eigenvalue weighted by molar-refractivity contribution is 7.99. The number of aliphatic carboxylic acids is 1. The van der Waals surface area contributed by atoms with Crippen molar-refractivity contribution in [2.24, 2.45) is 0 Å². The summed E-state index contributed by atoms with van der Waals surface area (Å²) in [6.45, 7) is -0.182. The van der Waals surface area contributed by atoms with Gasteiger partial charge in [-0.3, -0.25) is 9.78 Å². The number of carbonyl (C=O) groups is 1. The number of halogens is 1. The molecular weight excluding hydrogens is 417 g/mol. The predicted molar refractivity (Wildman–Crippen MR) is 107 cm³/mol. The van der Waals surface area contributed by atoms with Gasteiger partial charge in [-0.2, -0.15) is 4.31 Å². The Morgan fingerprint density at radius 3 is 2.76 bits per heavy atom. The van der Waals surface area contributed by atoms with Crippen LogP contribution in [-0.4, -0.2) is 52.2 Å². The molecular formula is C19H18FN3O4S2. The number of sulfonamides is 1. The van der Waals surface area contributed by atoms with Gasteiger partial charge in [-0.05, 0) is 42.8 Å². The monoisotopic (exact) mass is 435 g/mol. The summed E-state index contributed by atoms with van der Waals surface area (Å²) >= 11 is 1.43. The zero-order valence-corrected chi connectivity index (χ0v) is 17.1. The van der Waals surface area contributed by atoms with Gasteiger partial charge in [-0.25, -0.2) is 12.8 Å². The van der Waals surface area contributed by atoms with E-state index in [-0.39, 0.29) is 17.5 Å². The summed E-state index contributed by atoms with van der Waals surface area (Å²) < 4.78 is 42.1. The van der Waals surface area contributed by atoms with Crippen molar-refractivity contribution in [2.45, 2.75) is 28.9 Å². The molecule has 0 saturated carbocycles. The van der Waals surface area contributed by atoms with E-state index in [1.165, 1.54) is 35.2 Å². The molecule has 0 saturated heterocycles. The summed E-state index contributed by atoms with van der Waals surface area (Å²) in [7, 11) is -2.28. The number of carboxylic acid groups (broad SMARTS) is 1. The minimum Gasteiger partial charge on any atom is -0.480 e. The number of fused-ring (bicyclic) bond motifs is 3. The molecule has 0 spiro atoms. The Kier molecular flexibility index (Phi) is 5.09. The molecule has 3 heterocycles. The number of carboxylic acids is 1.